The lowest BCUT2D eigenvalue weighted by Crippen LogP contribution is -2.41. The van der Waals surface area contributed by atoms with Crippen molar-refractivity contribution in [3.8, 4) is 0 Å². The zero-order chi connectivity index (χ0) is 16.8. The maximum Gasteiger partial charge on any atom is 0.257 e. The molecule has 1 aliphatic heterocycles. The van der Waals surface area contributed by atoms with E-state index >= 15 is 0 Å². The highest BCUT2D eigenvalue weighted by Crippen LogP contribution is 2.24. The number of hydrogen-bond donors (Lipinski definition) is 1. The molecular formula is C17H24N4O2. The third-order valence-corrected chi connectivity index (χ3v) is 4.36. The van der Waals surface area contributed by atoms with Crippen molar-refractivity contribution in [3.63, 3.8) is 0 Å². The van der Waals surface area contributed by atoms with Crippen molar-refractivity contribution >= 4 is 5.91 Å². The molecule has 0 aliphatic carbocycles. The molecule has 0 bridgehead atoms. The monoisotopic (exact) mass is 316 g/mol. The fourth-order valence-electron chi connectivity index (χ4n) is 2.99. The van der Waals surface area contributed by atoms with Gasteiger partial charge in [0.1, 0.15) is 17.1 Å². The quantitative estimate of drug-likeness (QED) is 0.924. The second-order valence-electron chi connectivity index (χ2n) is 7.35. The second-order valence-corrected chi connectivity index (χ2v) is 7.35. The van der Waals surface area contributed by atoms with Gasteiger partial charge in [-0.05, 0) is 20.3 Å². The lowest BCUT2D eigenvalue weighted by molar-refractivity contribution is 0.0925. The SMILES string of the molecule is Cc1noc(C)c1C(=O)NC1CCc2nc(C(C)(C)C)cn2C1. The minimum absolute atomic E-state index is 0.0414. The Morgan fingerprint density at radius 2 is 2.13 bits per heavy atom. The zero-order valence-electron chi connectivity index (χ0n) is 14.4. The highest BCUT2D eigenvalue weighted by Gasteiger charge is 2.27. The molecule has 1 aliphatic rings. The molecule has 0 aromatic carbocycles. The van der Waals surface area contributed by atoms with Crippen LogP contribution in [0.15, 0.2) is 10.7 Å². The van der Waals surface area contributed by atoms with Gasteiger partial charge in [-0.1, -0.05) is 25.9 Å². The van der Waals surface area contributed by atoms with Crippen LogP contribution in [0.2, 0.25) is 0 Å². The molecule has 1 unspecified atom stereocenters. The van der Waals surface area contributed by atoms with Crippen molar-refractivity contribution in [1.29, 1.82) is 0 Å². The molecule has 3 heterocycles. The Balaban J connectivity index is 1.73. The Bertz CT molecular complexity index is 717. The van der Waals surface area contributed by atoms with Gasteiger partial charge in [0, 0.05) is 30.6 Å². The van der Waals surface area contributed by atoms with Crippen LogP contribution in [0, 0.1) is 13.8 Å². The highest BCUT2D eigenvalue weighted by molar-refractivity contribution is 5.96. The number of fused-ring (bicyclic) bond motifs is 1. The summed E-state index contributed by atoms with van der Waals surface area (Å²) in [6, 6.07) is 0.103. The number of imidazole rings is 1. The van der Waals surface area contributed by atoms with E-state index < -0.39 is 0 Å². The van der Waals surface area contributed by atoms with Gasteiger partial charge in [-0.25, -0.2) is 4.98 Å². The number of rotatable bonds is 2. The maximum absolute atomic E-state index is 12.5. The van der Waals surface area contributed by atoms with Crippen molar-refractivity contribution in [2.24, 2.45) is 0 Å². The highest BCUT2D eigenvalue weighted by atomic mass is 16.5. The predicted molar refractivity (Wildman–Crippen MR) is 86.5 cm³/mol. The summed E-state index contributed by atoms with van der Waals surface area (Å²) in [5.74, 6) is 1.57. The van der Waals surface area contributed by atoms with E-state index in [0.29, 0.717) is 17.0 Å². The largest absolute Gasteiger partial charge is 0.361 e. The van der Waals surface area contributed by atoms with Crippen LogP contribution in [0.3, 0.4) is 0 Å². The molecule has 3 rings (SSSR count). The van der Waals surface area contributed by atoms with Crippen LogP contribution in [0.4, 0.5) is 0 Å². The van der Waals surface area contributed by atoms with Gasteiger partial charge in [0.05, 0.1) is 11.4 Å². The number of aromatic nitrogens is 3. The Hall–Kier alpha value is -2.11. The molecule has 1 amide bonds. The van der Waals surface area contributed by atoms with Gasteiger partial charge in [-0.15, -0.1) is 0 Å². The molecule has 124 valence electrons. The summed E-state index contributed by atoms with van der Waals surface area (Å²) in [5, 5.41) is 6.95. The maximum atomic E-state index is 12.5. The third-order valence-electron chi connectivity index (χ3n) is 4.36. The van der Waals surface area contributed by atoms with E-state index in [-0.39, 0.29) is 17.4 Å². The minimum atomic E-state index is -0.106. The van der Waals surface area contributed by atoms with Crippen molar-refractivity contribution < 1.29 is 9.32 Å². The number of nitrogens with one attached hydrogen (secondary N) is 1. The number of carbonyl (C=O) groups is 1. The van der Waals surface area contributed by atoms with E-state index in [1.54, 1.807) is 13.8 Å². The summed E-state index contributed by atoms with van der Waals surface area (Å²) in [5.41, 5.74) is 2.33. The molecule has 23 heavy (non-hydrogen) atoms. The molecule has 1 N–H and O–H groups in total. The van der Waals surface area contributed by atoms with Gasteiger partial charge in [-0.2, -0.15) is 0 Å². The van der Waals surface area contributed by atoms with E-state index in [9.17, 15) is 4.79 Å². The molecule has 0 spiro atoms. The van der Waals surface area contributed by atoms with Crippen LogP contribution in [0.5, 0.6) is 0 Å². The van der Waals surface area contributed by atoms with Crippen molar-refractivity contribution in [3.05, 3.63) is 34.7 Å². The van der Waals surface area contributed by atoms with Gasteiger partial charge < -0.3 is 14.4 Å². The van der Waals surface area contributed by atoms with E-state index in [2.05, 4.69) is 42.0 Å². The van der Waals surface area contributed by atoms with E-state index in [1.165, 1.54) is 0 Å². The molecule has 2 aromatic heterocycles. The molecule has 1 atom stereocenters. The first-order valence-corrected chi connectivity index (χ1v) is 8.06. The lowest BCUT2D eigenvalue weighted by atomic mass is 9.93. The molecule has 0 saturated carbocycles. The second kappa shape index (κ2) is 5.51. The molecule has 6 heteroatoms. The van der Waals surface area contributed by atoms with Gasteiger partial charge in [0.2, 0.25) is 0 Å². The van der Waals surface area contributed by atoms with Crippen LogP contribution in [-0.2, 0) is 18.4 Å². The fourth-order valence-corrected chi connectivity index (χ4v) is 2.99. The minimum Gasteiger partial charge on any atom is -0.361 e. The number of nitrogens with zero attached hydrogens (tertiary/aromatic N) is 3. The predicted octanol–water partition coefficient (Wildman–Crippen LogP) is 2.53. The summed E-state index contributed by atoms with van der Waals surface area (Å²) < 4.78 is 7.25. The van der Waals surface area contributed by atoms with Gasteiger partial charge in [0.15, 0.2) is 0 Å². The fraction of sp³-hybridized carbons (Fsp3) is 0.588. The zero-order valence-corrected chi connectivity index (χ0v) is 14.4. The summed E-state index contributed by atoms with van der Waals surface area (Å²) in [4.78, 5) is 17.2. The first-order valence-electron chi connectivity index (χ1n) is 8.06. The summed E-state index contributed by atoms with van der Waals surface area (Å²) in [6.07, 6.45) is 3.89. The molecule has 0 fully saturated rings. The van der Waals surface area contributed by atoms with E-state index in [1.807, 2.05) is 0 Å². The number of hydrogen-bond acceptors (Lipinski definition) is 4. The first-order chi connectivity index (χ1) is 10.8. The van der Waals surface area contributed by atoms with Gasteiger partial charge in [-0.3, -0.25) is 4.79 Å². The lowest BCUT2D eigenvalue weighted by Gasteiger charge is -2.24. The molecule has 0 radical (unpaired) electrons. The third kappa shape index (κ3) is 3.02. The molecule has 0 saturated heterocycles. The topological polar surface area (TPSA) is 73.0 Å². The average molecular weight is 316 g/mol. The van der Waals surface area contributed by atoms with Crippen molar-refractivity contribution in [2.45, 2.75) is 65.5 Å². The van der Waals surface area contributed by atoms with Crippen LogP contribution >= 0.6 is 0 Å². The van der Waals surface area contributed by atoms with E-state index in [0.717, 1.165) is 30.9 Å². The summed E-state index contributed by atoms with van der Waals surface area (Å²) in [6.45, 7) is 10.8. The Morgan fingerprint density at radius 3 is 2.74 bits per heavy atom. The van der Waals surface area contributed by atoms with Crippen LogP contribution < -0.4 is 5.32 Å². The van der Waals surface area contributed by atoms with Crippen LogP contribution in [-0.4, -0.2) is 26.7 Å². The normalized spacial score (nSPS) is 17.9. The van der Waals surface area contributed by atoms with Gasteiger partial charge in [0.25, 0.3) is 5.91 Å². The summed E-state index contributed by atoms with van der Waals surface area (Å²) >= 11 is 0. The first kappa shape index (κ1) is 15.8. The van der Waals surface area contributed by atoms with Crippen molar-refractivity contribution in [2.75, 3.05) is 0 Å². The van der Waals surface area contributed by atoms with Crippen LogP contribution in [0.1, 0.15) is 60.5 Å². The summed E-state index contributed by atoms with van der Waals surface area (Å²) in [7, 11) is 0. The molecule has 6 nitrogen and oxygen atoms in total. The molecular weight excluding hydrogens is 292 g/mol. The van der Waals surface area contributed by atoms with E-state index in [4.69, 9.17) is 9.51 Å². The Labute approximate surface area is 136 Å². The molecule has 2 aromatic rings. The van der Waals surface area contributed by atoms with Gasteiger partial charge >= 0.3 is 0 Å². The number of aryl methyl sites for hydroxylation is 3. The number of carbonyl (C=O) groups excluding carboxylic acids is 1. The van der Waals surface area contributed by atoms with Crippen LogP contribution in [0.25, 0.3) is 0 Å². The van der Waals surface area contributed by atoms with Crippen molar-refractivity contribution in [1.82, 2.24) is 20.0 Å². The number of amides is 1. The Kier molecular flexibility index (Phi) is 3.78. The average Bonchev–Trinajstić information content (AvgIpc) is 3.01. The smallest absolute Gasteiger partial charge is 0.257 e. The standard InChI is InChI=1S/C17H24N4O2/c1-10-15(11(2)23-20-10)16(22)18-12-6-7-14-19-13(17(3,4)5)9-21(14)8-12/h9,12H,6-8H2,1-5H3,(H,18,22). The Morgan fingerprint density at radius 1 is 1.39 bits per heavy atom.